The highest BCUT2D eigenvalue weighted by molar-refractivity contribution is 7.99. The summed E-state index contributed by atoms with van der Waals surface area (Å²) < 4.78 is 0. The number of fused-ring (bicyclic) bond motifs is 1. The van der Waals surface area contributed by atoms with Crippen molar-refractivity contribution in [2.24, 2.45) is 0 Å². The molecule has 1 aliphatic rings. The third-order valence-electron chi connectivity index (χ3n) is 3.48. The van der Waals surface area contributed by atoms with Crippen molar-refractivity contribution >= 4 is 23.6 Å². The molecule has 1 aromatic heterocycles. The standard InChI is InChI=1S/C15H16N4O2S/c1-2-12-16-15(18-17-12)22-9-5-8-19-13(20)10-6-3-4-7-11(10)14(19)21/h3-4,6-7H,2,5,8-9H2,1H3,(H,16,17,18). The number of imide groups is 1. The Labute approximate surface area is 132 Å². The van der Waals surface area contributed by atoms with Crippen LogP contribution in [0.1, 0.15) is 39.9 Å². The van der Waals surface area contributed by atoms with Crippen LogP contribution in [0.5, 0.6) is 0 Å². The highest BCUT2D eigenvalue weighted by Crippen LogP contribution is 2.23. The summed E-state index contributed by atoms with van der Waals surface area (Å²) in [5.41, 5.74) is 1.00. The molecule has 0 bridgehead atoms. The molecular weight excluding hydrogens is 300 g/mol. The van der Waals surface area contributed by atoms with Gasteiger partial charge in [0, 0.05) is 18.7 Å². The van der Waals surface area contributed by atoms with E-state index in [0.717, 1.165) is 18.0 Å². The summed E-state index contributed by atoms with van der Waals surface area (Å²) in [6.45, 7) is 2.43. The Balaban J connectivity index is 1.52. The van der Waals surface area contributed by atoms with Crippen LogP contribution in [-0.4, -0.2) is 44.2 Å². The molecule has 1 N–H and O–H groups in total. The summed E-state index contributed by atoms with van der Waals surface area (Å²) in [7, 11) is 0. The van der Waals surface area contributed by atoms with Gasteiger partial charge in [0.2, 0.25) is 5.16 Å². The number of thioether (sulfide) groups is 1. The Bertz CT molecular complexity index is 678. The maximum Gasteiger partial charge on any atom is 0.261 e. The monoisotopic (exact) mass is 316 g/mol. The van der Waals surface area contributed by atoms with Gasteiger partial charge >= 0.3 is 0 Å². The minimum absolute atomic E-state index is 0.197. The summed E-state index contributed by atoms with van der Waals surface area (Å²) >= 11 is 1.52. The molecule has 0 aliphatic carbocycles. The van der Waals surface area contributed by atoms with E-state index in [9.17, 15) is 9.59 Å². The highest BCUT2D eigenvalue weighted by atomic mass is 32.2. The van der Waals surface area contributed by atoms with Gasteiger partial charge in [-0.05, 0) is 18.6 Å². The average Bonchev–Trinajstić information content (AvgIpc) is 3.10. The van der Waals surface area contributed by atoms with E-state index < -0.39 is 0 Å². The number of aryl methyl sites for hydroxylation is 1. The zero-order chi connectivity index (χ0) is 15.5. The summed E-state index contributed by atoms with van der Waals surface area (Å²) in [4.78, 5) is 30.0. The Kier molecular flexibility index (Phi) is 4.24. The molecule has 0 saturated carbocycles. The predicted octanol–water partition coefficient (Wildman–Crippen LogP) is 2.15. The van der Waals surface area contributed by atoms with Gasteiger partial charge in [-0.2, -0.15) is 0 Å². The molecule has 2 aromatic rings. The number of H-pyrrole nitrogens is 1. The molecule has 3 rings (SSSR count). The van der Waals surface area contributed by atoms with E-state index in [1.807, 2.05) is 6.92 Å². The van der Waals surface area contributed by atoms with Crippen LogP contribution < -0.4 is 0 Å². The molecule has 0 atom stereocenters. The van der Waals surface area contributed by atoms with E-state index in [0.29, 0.717) is 29.2 Å². The Morgan fingerprint density at radius 3 is 2.45 bits per heavy atom. The van der Waals surface area contributed by atoms with Crippen molar-refractivity contribution in [3.05, 3.63) is 41.2 Å². The fourth-order valence-electron chi connectivity index (χ4n) is 2.33. The zero-order valence-corrected chi connectivity index (χ0v) is 13.0. The first-order valence-electron chi connectivity index (χ1n) is 7.20. The number of carbonyl (C=O) groups is 2. The maximum atomic E-state index is 12.2. The number of carbonyl (C=O) groups excluding carboxylic acids is 2. The third-order valence-corrected chi connectivity index (χ3v) is 4.42. The minimum atomic E-state index is -0.197. The first-order chi connectivity index (χ1) is 10.7. The third kappa shape index (κ3) is 2.76. The molecule has 0 spiro atoms. The molecule has 2 heterocycles. The van der Waals surface area contributed by atoms with Crippen LogP contribution in [-0.2, 0) is 6.42 Å². The van der Waals surface area contributed by atoms with Crippen molar-refractivity contribution < 1.29 is 9.59 Å². The molecule has 0 fully saturated rings. The van der Waals surface area contributed by atoms with E-state index in [1.54, 1.807) is 24.3 Å². The lowest BCUT2D eigenvalue weighted by Crippen LogP contribution is -2.31. The van der Waals surface area contributed by atoms with Gasteiger partial charge in [-0.1, -0.05) is 30.8 Å². The molecule has 1 aliphatic heterocycles. The summed E-state index contributed by atoms with van der Waals surface area (Å²) in [5, 5.41) is 7.67. The number of nitrogens with one attached hydrogen (secondary N) is 1. The van der Waals surface area contributed by atoms with Crippen LogP contribution in [0, 0.1) is 0 Å². The molecule has 1 aromatic carbocycles. The second-order valence-corrected chi connectivity index (χ2v) is 5.99. The van der Waals surface area contributed by atoms with E-state index in [2.05, 4.69) is 15.2 Å². The summed E-state index contributed by atoms with van der Waals surface area (Å²) in [5.74, 6) is 1.23. The van der Waals surface area contributed by atoms with Crippen molar-refractivity contribution in [3.8, 4) is 0 Å². The second-order valence-electron chi connectivity index (χ2n) is 4.93. The van der Waals surface area contributed by atoms with Crippen molar-refractivity contribution in [2.75, 3.05) is 12.3 Å². The fraction of sp³-hybridized carbons (Fsp3) is 0.333. The van der Waals surface area contributed by atoms with Crippen LogP contribution in [0.2, 0.25) is 0 Å². The number of aromatic amines is 1. The number of hydrogen-bond acceptors (Lipinski definition) is 5. The topological polar surface area (TPSA) is 79.0 Å². The smallest absolute Gasteiger partial charge is 0.261 e. The Morgan fingerprint density at radius 2 is 1.86 bits per heavy atom. The quantitative estimate of drug-likeness (QED) is 0.502. The first-order valence-corrected chi connectivity index (χ1v) is 8.18. The highest BCUT2D eigenvalue weighted by Gasteiger charge is 2.34. The molecule has 22 heavy (non-hydrogen) atoms. The van der Waals surface area contributed by atoms with Crippen LogP contribution in [0.3, 0.4) is 0 Å². The lowest BCUT2D eigenvalue weighted by atomic mass is 10.1. The number of amides is 2. The molecule has 114 valence electrons. The van der Waals surface area contributed by atoms with Gasteiger partial charge in [0.1, 0.15) is 5.82 Å². The molecule has 0 unspecified atom stereocenters. The molecule has 7 heteroatoms. The summed E-state index contributed by atoms with van der Waals surface area (Å²) in [6.07, 6.45) is 1.54. The first kappa shape index (κ1) is 14.8. The number of nitrogens with zero attached hydrogens (tertiary/aromatic N) is 3. The van der Waals surface area contributed by atoms with E-state index >= 15 is 0 Å². The maximum absolute atomic E-state index is 12.2. The van der Waals surface area contributed by atoms with Crippen molar-refractivity contribution in [3.63, 3.8) is 0 Å². The molecular formula is C15H16N4O2S. The van der Waals surface area contributed by atoms with Crippen LogP contribution >= 0.6 is 11.8 Å². The average molecular weight is 316 g/mol. The molecule has 6 nitrogen and oxygen atoms in total. The number of benzene rings is 1. The number of hydrogen-bond donors (Lipinski definition) is 1. The van der Waals surface area contributed by atoms with Gasteiger partial charge in [0.15, 0.2) is 0 Å². The van der Waals surface area contributed by atoms with Gasteiger partial charge < -0.3 is 0 Å². The van der Waals surface area contributed by atoms with Gasteiger partial charge in [-0.3, -0.25) is 19.6 Å². The summed E-state index contributed by atoms with van der Waals surface area (Å²) in [6, 6.07) is 6.95. The van der Waals surface area contributed by atoms with Crippen molar-refractivity contribution in [2.45, 2.75) is 24.9 Å². The van der Waals surface area contributed by atoms with Crippen LogP contribution in [0.25, 0.3) is 0 Å². The number of aromatic nitrogens is 3. The van der Waals surface area contributed by atoms with Crippen molar-refractivity contribution in [1.82, 2.24) is 20.1 Å². The minimum Gasteiger partial charge on any atom is -0.274 e. The molecule has 0 radical (unpaired) electrons. The van der Waals surface area contributed by atoms with E-state index in [4.69, 9.17) is 0 Å². The van der Waals surface area contributed by atoms with Crippen LogP contribution in [0.4, 0.5) is 0 Å². The predicted molar refractivity (Wildman–Crippen MR) is 82.9 cm³/mol. The Morgan fingerprint density at radius 1 is 1.18 bits per heavy atom. The van der Waals surface area contributed by atoms with E-state index in [-0.39, 0.29) is 11.8 Å². The fourth-order valence-corrected chi connectivity index (χ4v) is 3.07. The van der Waals surface area contributed by atoms with E-state index in [1.165, 1.54) is 16.7 Å². The van der Waals surface area contributed by atoms with Gasteiger partial charge in [0.05, 0.1) is 11.1 Å². The second kappa shape index (κ2) is 6.31. The molecule has 0 saturated heterocycles. The Hall–Kier alpha value is -2.15. The molecule has 2 amide bonds. The zero-order valence-electron chi connectivity index (χ0n) is 12.2. The SMILES string of the molecule is CCc1nc(SCCCN2C(=O)c3ccccc3C2=O)n[nH]1. The van der Waals surface area contributed by atoms with Gasteiger partial charge in [-0.25, -0.2) is 4.98 Å². The van der Waals surface area contributed by atoms with Gasteiger partial charge in [-0.15, -0.1) is 5.10 Å². The van der Waals surface area contributed by atoms with Crippen molar-refractivity contribution in [1.29, 1.82) is 0 Å². The van der Waals surface area contributed by atoms with Gasteiger partial charge in [0.25, 0.3) is 11.8 Å². The largest absolute Gasteiger partial charge is 0.274 e. The number of rotatable bonds is 6. The lowest BCUT2D eigenvalue weighted by molar-refractivity contribution is 0.0655. The lowest BCUT2D eigenvalue weighted by Gasteiger charge is -2.12. The van der Waals surface area contributed by atoms with Crippen LogP contribution in [0.15, 0.2) is 29.4 Å². The normalized spacial score (nSPS) is 13.8.